The lowest BCUT2D eigenvalue weighted by molar-refractivity contribution is 0.0138. The largest absolute Gasteiger partial charge is 0.451 e. The van der Waals surface area contributed by atoms with E-state index in [1.54, 1.807) is 6.07 Å². The summed E-state index contributed by atoms with van der Waals surface area (Å²) in [5.74, 6) is 0.00346. The molecule has 3 aromatic rings. The smallest absolute Gasteiger partial charge is 0.219 e. The van der Waals surface area contributed by atoms with E-state index in [2.05, 4.69) is 15.3 Å². The van der Waals surface area contributed by atoms with Crippen LogP contribution in [0.2, 0.25) is 0 Å². The molecule has 2 aliphatic rings. The van der Waals surface area contributed by atoms with Gasteiger partial charge in [-0.15, -0.1) is 0 Å². The number of aromatic nitrogens is 2. The van der Waals surface area contributed by atoms with Crippen LogP contribution in [0.15, 0.2) is 30.5 Å². The molecule has 1 aliphatic carbocycles. The number of pyridine rings is 1. The first kappa shape index (κ1) is 18.7. The molecular weight excluding hydrogens is 396 g/mol. The molecule has 152 valence electrons. The number of rotatable bonds is 5. The average Bonchev–Trinajstić information content (AvgIpc) is 3.09. The third kappa shape index (κ3) is 3.79. The number of anilines is 1. The van der Waals surface area contributed by atoms with Crippen molar-refractivity contribution < 1.29 is 18.3 Å². The molecule has 1 N–H and O–H groups in total. The van der Waals surface area contributed by atoms with Gasteiger partial charge in [-0.3, -0.25) is 0 Å². The highest BCUT2D eigenvalue weighted by molar-refractivity contribution is 7.22. The Balaban J connectivity index is 1.41. The van der Waals surface area contributed by atoms with Crippen molar-refractivity contribution in [1.82, 2.24) is 9.97 Å². The molecule has 2 aromatic heterocycles. The molecule has 0 amide bonds. The van der Waals surface area contributed by atoms with Crippen molar-refractivity contribution in [2.75, 3.05) is 18.5 Å². The third-order valence-corrected chi connectivity index (χ3v) is 6.58. The highest BCUT2D eigenvalue weighted by Crippen LogP contribution is 2.41. The van der Waals surface area contributed by atoms with Crippen LogP contribution in [0.25, 0.3) is 10.2 Å². The first-order valence-electron chi connectivity index (χ1n) is 9.87. The number of fused-ring (bicyclic) bond motifs is 1. The molecule has 1 saturated carbocycles. The number of nitrogens with zero attached hydrogens (tertiary/aromatic N) is 2. The zero-order valence-corrected chi connectivity index (χ0v) is 16.6. The molecule has 1 aromatic carbocycles. The Morgan fingerprint density at radius 1 is 1.14 bits per heavy atom. The van der Waals surface area contributed by atoms with Gasteiger partial charge in [0, 0.05) is 31.6 Å². The molecule has 0 spiro atoms. The fourth-order valence-corrected chi connectivity index (χ4v) is 4.89. The molecule has 0 bridgehead atoms. The fraction of sp³-hybridized carbons (Fsp3) is 0.429. The molecule has 0 atom stereocenters. The zero-order valence-electron chi connectivity index (χ0n) is 15.8. The van der Waals surface area contributed by atoms with E-state index in [1.807, 2.05) is 0 Å². The second-order valence-corrected chi connectivity index (χ2v) is 8.67. The molecule has 29 heavy (non-hydrogen) atoms. The van der Waals surface area contributed by atoms with Crippen LogP contribution in [-0.4, -0.2) is 28.9 Å². The molecule has 1 saturated heterocycles. The summed E-state index contributed by atoms with van der Waals surface area (Å²) in [7, 11) is 0. The summed E-state index contributed by atoms with van der Waals surface area (Å²) in [5.41, 5.74) is 0.917. The number of benzene rings is 1. The van der Waals surface area contributed by atoms with Crippen LogP contribution in [0, 0.1) is 11.6 Å². The monoisotopic (exact) mass is 417 g/mol. The standard InChI is InChI=1S/C21H21F2N3O2S/c22-14-2-3-17-18(11-14)29-20(25-17)26-21(6-1-7-21)28-19-16(10-15(23)12-24-19)13-4-8-27-9-5-13/h2-3,10-13H,1,4-9H2,(H,25,26). The van der Waals surface area contributed by atoms with Crippen molar-refractivity contribution >= 4 is 26.7 Å². The summed E-state index contributed by atoms with van der Waals surface area (Å²) in [6, 6.07) is 6.10. The normalized spacial score (nSPS) is 19.1. The average molecular weight is 417 g/mol. The van der Waals surface area contributed by atoms with Crippen molar-refractivity contribution in [2.45, 2.75) is 43.7 Å². The Labute approximate surface area is 171 Å². The van der Waals surface area contributed by atoms with Crippen LogP contribution in [0.4, 0.5) is 13.9 Å². The topological polar surface area (TPSA) is 56.3 Å². The van der Waals surface area contributed by atoms with E-state index in [4.69, 9.17) is 9.47 Å². The highest BCUT2D eigenvalue weighted by atomic mass is 32.1. The van der Waals surface area contributed by atoms with Gasteiger partial charge in [-0.25, -0.2) is 18.7 Å². The summed E-state index contributed by atoms with van der Waals surface area (Å²) in [4.78, 5) is 8.82. The molecule has 8 heteroatoms. The van der Waals surface area contributed by atoms with Crippen LogP contribution in [0.5, 0.6) is 5.88 Å². The van der Waals surface area contributed by atoms with Gasteiger partial charge in [0.2, 0.25) is 5.88 Å². The van der Waals surface area contributed by atoms with Crippen LogP contribution in [-0.2, 0) is 4.74 Å². The minimum atomic E-state index is -0.628. The lowest BCUT2D eigenvalue weighted by Gasteiger charge is -2.42. The van der Waals surface area contributed by atoms with E-state index in [9.17, 15) is 8.78 Å². The molecular formula is C21H21F2N3O2S. The predicted octanol–water partition coefficient (Wildman–Crippen LogP) is 5.23. The summed E-state index contributed by atoms with van der Waals surface area (Å²) in [6.07, 6.45) is 5.45. The number of hydrogen-bond acceptors (Lipinski definition) is 6. The molecule has 2 fully saturated rings. The Bertz CT molecular complexity index is 1030. The van der Waals surface area contributed by atoms with Gasteiger partial charge >= 0.3 is 0 Å². The SMILES string of the molecule is Fc1cnc(OC2(Nc3nc4ccc(F)cc4s3)CCC2)c(C2CCOCC2)c1. The van der Waals surface area contributed by atoms with Crippen LogP contribution >= 0.6 is 11.3 Å². The Hall–Kier alpha value is -2.32. The molecule has 5 nitrogen and oxygen atoms in total. The van der Waals surface area contributed by atoms with E-state index in [0.717, 1.165) is 47.9 Å². The van der Waals surface area contributed by atoms with Gasteiger partial charge < -0.3 is 14.8 Å². The van der Waals surface area contributed by atoms with Crippen molar-refractivity contribution in [2.24, 2.45) is 0 Å². The van der Waals surface area contributed by atoms with E-state index in [0.29, 0.717) is 24.2 Å². The van der Waals surface area contributed by atoms with Gasteiger partial charge in [0.1, 0.15) is 11.6 Å². The number of thiazole rings is 1. The highest BCUT2D eigenvalue weighted by Gasteiger charge is 2.41. The minimum absolute atomic E-state index is 0.171. The maximum Gasteiger partial charge on any atom is 0.219 e. The first-order valence-corrected chi connectivity index (χ1v) is 10.7. The number of hydrogen-bond donors (Lipinski definition) is 1. The molecule has 5 rings (SSSR count). The second kappa shape index (κ2) is 7.50. The number of nitrogens with one attached hydrogen (secondary N) is 1. The molecule has 0 radical (unpaired) electrons. The van der Waals surface area contributed by atoms with Crippen LogP contribution in [0.1, 0.15) is 43.6 Å². The van der Waals surface area contributed by atoms with Gasteiger partial charge in [-0.2, -0.15) is 0 Å². The van der Waals surface area contributed by atoms with Crippen LogP contribution < -0.4 is 10.1 Å². The van der Waals surface area contributed by atoms with Crippen molar-refractivity contribution in [3.63, 3.8) is 0 Å². The molecule has 1 aliphatic heterocycles. The van der Waals surface area contributed by atoms with E-state index in [1.165, 1.54) is 35.7 Å². The van der Waals surface area contributed by atoms with E-state index < -0.39 is 5.72 Å². The maximum atomic E-state index is 13.9. The van der Waals surface area contributed by atoms with E-state index >= 15 is 0 Å². The molecule has 0 unspecified atom stereocenters. The Morgan fingerprint density at radius 2 is 1.97 bits per heavy atom. The van der Waals surface area contributed by atoms with Crippen LogP contribution in [0.3, 0.4) is 0 Å². The van der Waals surface area contributed by atoms with E-state index in [-0.39, 0.29) is 17.6 Å². The maximum absolute atomic E-state index is 13.9. The predicted molar refractivity (Wildman–Crippen MR) is 107 cm³/mol. The quantitative estimate of drug-likeness (QED) is 0.576. The van der Waals surface area contributed by atoms with Crippen molar-refractivity contribution in [1.29, 1.82) is 0 Å². The van der Waals surface area contributed by atoms with Crippen molar-refractivity contribution in [3.8, 4) is 5.88 Å². The summed E-state index contributed by atoms with van der Waals surface area (Å²) < 4.78 is 40.0. The first-order chi connectivity index (χ1) is 14.1. The number of halogens is 2. The Morgan fingerprint density at radius 3 is 2.72 bits per heavy atom. The lowest BCUT2D eigenvalue weighted by atomic mass is 9.87. The Kier molecular flexibility index (Phi) is 4.83. The zero-order chi connectivity index (χ0) is 19.8. The van der Waals surface area contributed by atoms with Gasteiger partial charge in [-0.05, 0) is 49.4 Å². The van der Waals surface area contributed by atoms with Crippen molar-refractivity contribution in [3.05, 3.63) is 47.7 Å². The summed E-state index contributed by atoms with van der Waals surface area (Å²) in [5, 5.41) is 4.08. The fourth-order valence-electron chi connectivity index (χ4n) is 3.91. The number of ether oxygens (including phenoxy) is 2. The summed E-state index contributed by atoms with van der Waals surface area (Å²) >= 11 is 1.39. The molecule has 3 heterocycles. The third-order valence-electron chi connectivity index (χ3n) is 5.65. The summed E-state index contributed by atoms with van der Waals surface area (Å²) in [6.45, 7) is 1.32. The lowest BCUT2D eigenvalue weighted by Crippen LogP contribution is -2.50. The second-order valence-electron chi connectivity index (χ2n) is 7.64. The van der Waals surface area contributed by atoms with Gasteiger partial charge in [0.25, 0.3) is 0 Å². The van der Waals surface area contributed by atoms with Gasteiger partial charge in [0.15, 0.2) is 10.9 Å². The minimum Gasteiger partial charge on any atom is -0.451 e. The van der Waals surface area contributed by atoms with Gasteiger partial charge in [-0.1, -0.05) is 11.3 Å². The van der Waals surface area contributed by atoms with Gasteiger partial charge in [0.05, 0.1) is 16.4 Å².